The molecule has 1 unspecified atom stereocenters. The number of carboxylic acid groups (broad SMARTS) is 1. The van der Waals surface area contributed by atoms with Gasteiger partial charge in [-0.3, -0.25) is 4.79 Å². The Balaban J connectivity index is 2.89. The van der Waals surface area contributed by atoms with Crippen molar-refractivity contribution in [1.82, 2.24) is 4.31 Å². The predicted octanol–water partition coefficient (Wildman–Crippen LogP) is 1.23. The molecule has 0 spiro atoms. The highest BCUT2D eigenvalue weighted by Crippen LogP contribution is 2.22. The summed E-state index contributed by atoms with van der Waals surface area (Å²) in [6.45, 7) is 1.57. The summed E-state index contributed by atoms with van der Waals surface area (Å²) in [5.41, 5.74) is 0. The van der Waals surface area contributed by atoms with Gasteiger partial charge in [0.2, 0.25) is 0 Å². The van der Waals surface area contributed by atoms with Gasteiger partial charge >= 0.3 is 5.97 Å². The van der Waals surface area contributed by atoms with Gasteiger partial charge in [-0.1, -0.05) is 6.07 Å². The van der Waals surface area contributed by atoms with Crippen molar-refractivity contribution in [3.05, 3.63) is 17.5 Å². The van der Waals surface area contributed by atoms with E-state index in [1.807, 2.05) is 0 Å². The van der Waals surface area contributed by atoms with Crippen LogP contribution < -0.4 is 0 Å². The Bertz CT molecular complexity index is 452. The smallest absolute Gasteiger partial charge is 0.304 e. The molecule has 1 atom stereocenters. The van der Waals surface area contributed by atoms with E-state index in [0.29, 0.717) is 0 Å². The van der Waals surface area contributed by atoms with Gasteiger partial charge in [0.25, 0.3) is 10.0 Å². The average Bonchev–Trinajstić information content (AvgIpc) is 2.68. The highest BCUT2D eigenvalue weighted by Gasteiger charge is 2.27. The zero-order valence-electron chi connectivity index (χ0n) is 8.95. The van der Waals surface area contributed by atoms with E-state index in [9.17, 15) is 13.2 Å². The van der Waals surface area contributed by atoms with Crippen LogP contribution in [-0.2, 0) is 14.8 Å². The van der Waals surface area contributed by atoms with Gasteiger partial charge in [0.15, 0.2) is 0 Å². The first kappa shape index (κ1) is 13.1. The molecular formula is C9H13NO4S2. The summed E-state index contributed by atoms with van der Waals surface area (Å²) >= 11 is 1.12. The van der Waals surface area contributed by atoms with Gasteiger partial charge in [-0.2, -0.15) is 4.31 Å². The number of rotatable bonds is 5. The predicted molar refractivity (Wildman–Crippen MR) is 61.0 cm³/mol. The number of carboxylic acids is 1. The molecule has 0 aliphatic carbocycles. The quantitative estimate of drug-likeness (QED) is 0.867. The van der Waals surface area contributed by atoms with Crippen LogP contribution in [-0.4, -0.2) is 36.9 Å². The van der Waals surface area contributed by atoms with Crippen molar-refractivity contribution in [2.75, 3.05) is 7.05 Å². The molecule has 16 heavy (non-hydrogen) atoms. The molecule has 1 aromatic heterocycles. The first-order valence-corrected chi connectivity index (χ1v) is 6.91. The molecule has 0 bridgehead atoms. The van der Waals surface area contributed by atoms with Gasteiger partial charge in [0, 0.05) is 13.1 Å². The lowest BCUT2D eigenvalue weighted by molar-refractivity contribution is -0.137. The van der Waals surface area contributed by atoms with Crippen LogP contribution in [0.3, 0.4) is 0 Å². The van der Waals surface area contributed by atoms with E-state index < -0.39 is 22.0 Å². The van der Waals surface area contributed by atoms with Crippen LogP contribution in [0.1, 0.15) is 13.3 Å². The SMILES string of the molecule is CC(CC(=O)O)N(C)S(=O)(=O)c1cccs1. The summed E-state index contributed by atoms with van der Waals surface area (Å²) in [7, 11) is -2.16. The Hall–Kier alpha value is -0.920. The van der Waals surface area contributed by atoms with Crippen molar-refractivity contribution >= 4 is 27.3 Å². The van der Waals surface area contributed by atoms with Gasteiger partial charge < -0.3 is 5.11 Å². The number of sulfonamides is 1. The molecule has 1 rings (SSSR count). The van der Waals surface area contributed by atoms with E-state index in [4.69, 9.17) is 5.11 Å². The van der Waals surface area contributed by atoms with Gasteiger partial charge in [-0.25, -0.2) is 8.42 Å². The minimum Gasteiger partial charge on any atom is -0.481 e. The maximum atomic E-state index is 12.0. The Morgan fingerprint density at radius 1 is 1.62 bits per heavy atom. The maximum absolute atomic E-state index is 12.0. The molecule has 1 heterocycles. The number of hydrogen-bond donors (Lipinski definition) is 1. The van der Waals surface area contributed by atoms with E-state index in [2.05, 4.69) is 0 Å². The van der Waals surface area contributed by atoms with Crippen LogP contribution in [0.15, 0.2) is 21.7 Å². The van der Waals surface area contributed by atoms with E-state index in [1.165, 1.54) is 13.1 Å². The molecule has 1 aromatic rings. The fraction of sp³-hybridized carbons (Fsp3) is 0.444. The molecule has 0 fully saturated rings. The summed E-state index contributed by atoms with van der Waals surface area (Å²) < 4.78 is 25.2. The summed E-state index contributed by atoms with van der Waals surface area (Å²) in [6, 6.07) is 2.58. The van der Waals surface area contributed by atoms with Gasteiger partial charge in [0.1, 0.15) is 4.21 Å². The molecule has 7 heteroatoms. The second-order valence-corrected chi connectivity index (χ2v) is 6.57. The molecular weight excluding hydrogens is 250 g/mol. The third kappa shape index (κ3) is 2.81. The second-order valence-electron chi connectivity index (χ2n) is 3.40. The molecule has 0 saturated heterocycles. The minimum absolute atomic E-state index is 0.207. The first-order chi connectivity index (χ1) is 7.35. The fourth-order valence-electron chi connectivity index (χ4n) is 1.17. The number of hydrogen-bond acceptors (Lipinski definition) is 4. The molecule has 0 amide bonds. The fourth-order valence-corrected chi connectivity index (χ4v) is 3.71. The van der Waals surface area contributed by atoms with E-state index in [-0.39, 0.29) is 10.6 Å². The first-order valence-electron chi connectivity index (χ1n) is 4.59. The minimum atomic E-state index is -3.55. The van der Waals surface area contributed by atoms with Crippen molar-refractivity contribution in [3.63, 3.8) is 0 Å². The van der Waals surface area contributed by atoms with Gasteiger partial charge in [-0.15, -0.1) is 11.3 Å². The standard InChI is InChI=1S/C9H13NO4S2/c1-7(6-8(11)12)10(2)16(13,14)9-4-3-5-15-9/h3-5,7H,6H2,1-2H3,(H,11,12). The summed E-state index contributed by atoms with van der Waals surface area (Å²) in [4.78, 5) is 10.5. The molecule has 0 saturated carbocycles. The normalized spacial score (nSPS) is 13.9. The Labute approximate surface area is 98.4 Å². The zero-order valence-corrected chi connectivity index (χ0v) is 10.6. The van der Waals surface area contributed by atoms with E-state index >= 15 is 0 Å². The van der Waals surface area contributed by atoms with Crippen molar-refractivity contribution in [2.45, 2.75) is 23.6 Å². The van der Waals surface area contributed by atoms with E-state index in [1.54, 1.807) is 18.4 Å². The monoisotopic (exact) mass is 263 g/mol. The molecule has 5 nitrogen and oxygen atoms in total. The lowest BCUT2D eigenvalue weighted by Crippen LogP contribution is -2.36. The largest absolute Gasteiger partial charge is 0.481 e. The number of nitrogens with zero attached hydrogens (tertiary/aromatic N) is 1. The van der Waals surface area contributed by atoms with Crippen LogP contribution in [0.4, 0.5) is 0 Å². The highest BCUT2D eigenvalue weighted by atomic mass is 32.2. The average molecular weight is 263 g/mol. The third-order valence-corrected chi connectivity index (χ3v) is 5.56. The summed E-state index contributed by atoms with van der Waals surface area (Å²) in [5, 5.41) is 10.3. The van der Waals surface area contributed by atoms with Crippen molar-refractivity contribution < 1.29 is 18.3 Å². The maximum Gasteiger partial charge on any atom is 0.304 e. The Morgan fingerprint density at radius 3 is 2.69 bits per heavy atom. The van der Waals surface area contributed by atoms with Crippen molar-refractivity contribution in [1.29, 1.82) is 0 Å². The zero-order chi connectivity index (χ0) is 12.3. The topological polar surface area (TPSA) is 74.7 Å². The Kier molecular flexibility index (Phi) is 4.06. The third-order valence-electron chi connectivity index (χ3n) is 2.22. The lowest BCUT2D eigenvalue weighted by atomic mass is 10.2. The molecule has 0 aliphatic heterocycles. The van der Waals surface area contributed by atoms with Gasteiger partial charge in [0.05, 0.1) is 6.42 Å². The number of thiophene rings is 1. The van der Waals surface area contributed by atoms with Crippen LogP contribution in [0.5, 0.6) is 0 Å². The van der Waals surface area contributed by atoms with Crippen LogP contribution in [0, 0.1) is 0 Å². The molecule has 1 N–H and O–H groups in total. The molecule has 0 aliphatic rings. The Morgan fingerprint density at radius 2 is 2.25 bits per heavy atom. The van der Waals surface area contributed by atoms with Gasteiger partial charge in [-0.05, 0) is 18.4 Å². The van der Waals surface area contributed by atoms with Crippen molar-refractivity contribution in [2.24, 2.45) is 0 Å². The number of aliphatic carboxylic acids is 1. The molecule has 0 aromatic carbocycles. The highest BCUT2D eigenvalue weighted by molar-refractivity contribution is 7.91. The molecule has 0 radical (unpaired) electrons. The lowest BCUT2D eigenvalue weighted by Gasteiger charge is -2.22. The van der Waals surface area contributed by atoms with Crippen LogP contribution >= 0.6 is 11.3 Å². The summed E-state index contributed by atoms with van der Waals surface area (Å²) in [6.07, 6.45) is -0.207. The molecule has 90 valence electrons. The van der Waals surface area contributed by atoms with Crippen LogP contribution in [0.25, 0.3) is 0 Å². The van der Waals surface area contributed by atoms with Crippen LogP contribution in [0.2, 0.25) is 0 Å². The van der Waals surface area contributed by atoms with Crippen molar-refractivity contribution in [3.8, 4) is 0 Å². The number of carbonyl (C=O) groups is 1. The van der Waals surface area contributed by atoms with E-state index in [0.717, 1.165) is 15.6 Å². The second kappa shape index (κ2) is 4.94. The summed E-state index contributed by atoms with van der Waals surface area (Å²) in [5.74, 6) is -1.01.